The molecule has 0 aromatic carbocycles. The zero-order valence-corrected chi connectivity index (χ0v) is 10.3. The van der Waals surface area contributed by atoms with Crippen molar-refractivity contribution in [1.82, 2.24) is 15.1 Å². The quantitative estimate of drug-likeness (QED) is 0.759. The van der Waals surface area contributed by atoms with Crippen molar-refractivity contribution in [2.24, 2.45) is 0 Å². The molecule has 5 heteroatoms. The molecule has 0 unspecified atom stereocenters. The van der Waals surface area contributed by atoms with E-state index in [1.165, 1.54) is 0 Å². The number of aliphatic hydroxyl groups excluding tert-OH is 1. The van der Waals surface area contributed by atoms with Crippen LogP contribution >= 0.6 is 0 Å². The largest absolute Gasteiger partial charge is 0.424 e. The Balaban J connectivity index is 2.53. The predicted molar refractivity (Wildman–Crippen MR) is 60.9 cm³/mol. The molecule has 0 saturated carbocycles. The Morgan fingerprint density at radius 1 is 1.31 bits per heavy atom. The number of hydrogen-bond donors (Lipinski definition) is 1. The van der Waals surface area contributed by atoms with E-state index in [9.17, 15) is 0 Å². The fraction of sp³-hybridized carbons (Fsp3) is 0.818. The third-order valence-corrected chi connectivity index (χ3v) is 2.48. The standard InChI is InChI=1S/C11H21N3O2/c1-4-10-12-13-11(16-10)8-14(9(2)3)6-5-7-15/h9,15H,4-8H2,1-3H3. The Morgan fingerprint density at radius 2 is 2.00 bits per heavy atom. The first-order chi connectivity index (χ1) is 7.67. The van der Waals surface area contributed by atoms with Gasteiger partial charge in [-0.15, -0.1) is 10.2 Å². The molecule has 0 fully saturated rings. The summed E-state index contributed by atoms with van der Waals surface area (Å²) in [6.45, 7) is 7.95. The SMILES string of the molecule is CCc1nnc(CN(CCCO)C(C)C)o1. The Labute approximate surface area is 96.5 Å². The lowest BCUT2D eigenvalue weighted by molar-refractivity contribution is 0.170. The smallest absolute Gasteiger partial charge is 0.230 e. The average Bonchev–Trinajstić information content (AvgIpc) is 2.71. The number of aryl methyl sites for hydroxylation is 1. The molecule has 0 aliphatic rings. The van der Waals surface area contributed by atoms with Crippen molar-refractivity contribution in [1.29, 1.82) is 0 Å². The lowest BCUT2D eigenvalue weighted by Gasteiger charge is -2.24. The van der Waals surface area contributed by atoms with Gasteiger partial charge in [0.2, 0.25) is 11.8 Å². The first kappa shape index (κ1) is 13.1. The Morgan fingerprint density at radius 3 is 2.50 bits per heavy atom. The second kappa shape index (κ2) is 6.60. The molecule has 0 radical (unpaired) electrons. The van der Waals surface area contributed by atoms with E-state index in [-0.39, 0.29) is 6.61 Å². The topological polar surface area (TPSA) is 62.4 Å². The normalized spacial score (nSPS) is 11.6. The number of rotatable bonds is 7. The maximum Gasteiger partial charge on any atom is 0.230 e. The third-order valence-electron chi connectivity index (χ3n) is 2.48. The summed E-state index contributed by atoms with van der Waals surface area (Å²) in [5.74, 6) is 1.34. The van der Waals surface area contributed by atoms with Crippen LogP contribution in [0.3, 0.4) is 0 Å². The van der Waals surface area contributed by atoms with Crippen molar-refractivity contribution in [2.75, 3.05) is 13.2 Å². The molecule has 0 spiro atoms. The minimum Gasteiger partial charge on any atom is -0.424 e. The van der Waals surface area contributed by atoms with Crippen LogP contribution in [0.1, 0.15) is 39.0 Å². The molecule has 1 rings (SSSR count). The summed E-state index contributed by atoms with van der Waals surface area (Å²) in [4.78, 5) is 2.21. The van der Waals surface area contributed by atoms with Crippen LogP contribution in [-0.2, 0) is 13.0 Å². The highest BCUT2D eigenvalue weighted by Crippen LogP contribution is 2.08. The molecule has 0 amide bonds. The van der Waals surface area contributed by atoms with Gasteiger partial charge in [-0.3, -0.25) is 4.90 Å². The molecular formula is C11H21N3O2. The van der Waals surface area contributed by atoms with E-state index in [2.05, 4.69) is 28.9 Å². The second-order valence-electron chi connectivity index (χ2n) is 4.08. The molecule has 16 heavy (non-hydrogen) atoms. The van der Waals surface area contributed by atoms with Gasteiger partial charge in [-0.2, -0.15) is 0 Å². The number of hydrogen-bond acceptors (Lipinski definition) is 5. The molecule has 0 aliphatic carbocycles. The van der Waals surface area contributed by atoms with Crippen molar-refractivity contribution in [2.45, 2.75) is 46.2 Å². The van der Waals surface area contributed by atoms with E-state index in [0.717, 1.165) is 19.4 Å². The monoisotopic (exact) mass is 227 g/mol. The van der Waals surface area contributed by atoms with Crippen molar-refractivity contribution in [3.63, 3.8) is 0 Å². The molecule has 1 heterocycles. The van der Waals surface area contributed by atoms with Crippen molar-refractivity contribution >= 4 is 0 Å². The van der Waals surface area contributed by atoms with Gasteiger partial charge in [-0.05, 0) is 20.3 Å². The molecule has 1 aromatic heterocycles. The van der Waals surface area contributed by atoms with Crippen molar-refractivity contribution in [3.8, 4) is 0 Å². The molecule has 0 aliphatic heterocycles. The summed E-state index contributed by atoms with van der Waals surface area (Å²) in [6.07, 6.45) is 1.54. The van der Waals surface area contributed by atoms with Crippen LogP contribution < -0.4 is 0 Å². The lowest BCUT2D eigenvalue weighted by atomic mass is 10.3. The van der Waals surface area contributed by atoms with Crippen LogP contribution in [0.5, 0.6) is 0 Å². The summed E-state index contributed by atoms with van der Waals surface area (Å²) >= 11 is 0. The summed E-state index contributed by atoms with van der Waals surface area (Å²) in [5, 5.41) is 16.8. The molecule has 92 valence electrons. The molecule has 5 nitrogen and oxygen atoms in total. The Hall–Kier alpha value is -0.940. The first-order valence-electron chi connectivity index (χ1n) is 5.83. The predicted octanol–water partition coefficient (Wildman–Crippen LogP) is 1.22. The highest BCUT2D eigenvalue weighted by Gasteiger charge is 2.13. The summed E-state index contributed by atoms with van der Waals surface area (Å²) in [5.41, 5.74) is 0. The van der Waals surface area contributed by atoms with E-state index < -0.39 is 0 Å². The van der Waals surface area contributed by atoms with E-state index in [0.29, 0.717) is 24.4 Å². The third kappa shape index (κ3) is 3.90. The van der Waals surface area contributed by atoms with Crippen molar-refractivity contribution in [3.05, 3.63) is 11.8 Å². The van der Waals surface area contributed by atoms with Gasteiger partial charge in [0, 0.05) is 25.6 Å². The molecule has 0 atom stereocenters. The van der Waals surface area contributed by atoms with Gasteiger partial charge < -0.3 is 9.52 Å². The maximum absolute atomic E-state index is 8.83. The number of aliphatic hydroxyl groups is 1. The van der Waals surface area contributed by atoms with Gasteiger partial charge in [0.25, 0.3) is 0 Å². The summed E-state index contributed by atoms with van der Waals surface area (Å²) < 4.78 is 5.47. The van der Waals surface area contributed by atoms with Crippen LogP contribution in [0.25, 0.3) is 0 Å². The number of nitrogens with zero attached hydrogens (tertiary/aromatic N) is 3. The van der Waals surface area contributed by atoms with Gasteiger partial charge in [-0.1, -0.05) is 6.92 Å². The minimum absolute atomic E-state index is 0.216. The van der Waals surface area contributed by atoms with Crippen LogP contribution in [0.15, 0.2) is 4.42 Å². The van der Waals surface area contributed by atoms with Crippen molar-refractivity contribution < 1.29 is 9.52 Å². The second-order valence-corrected chi connectivity index (χ2v) is 4.08. The van der Waals surface area contributed by atoms with E-state index in [4.69, 9.17) is 9.52 Å². The highest BCUT2D eigenvalue weighted by molar-refractivity contribution is 4.82. The zero-order chi connectivity index (χ0) is 12.0. The van der Waals surface area contributed by atoms with E-state index >= 15 is 0 Å². The fourth-order valence-electron chi connectivity index (χ4n) is 1.46. The molecule has 1 N–H and O–H groups in total. The molecule has 0 saturated heterocycles. The summed E-state index contributed by atoms with van der Waals surface area (Å²) in [7, 11) is 0. The van der Waals surface area contributed by atoms with E-state index in [1.54, 1.807) is 0 Å². The van der Waals surface area contributed by atoms with Gasteiger partial charge in [0.15, 0.2) is 0 Å². The molecular weight excluding hydrogens is 206 g/mol. The summed E-state index contributed by atoms with van der Waals surface area (Å²) in [6, 6.07) is 0.406. The number of aromatic nitrogens is 2. The van der Waals surface area contributed by atoms with Crippen LogP contribution in [0, 0.1) is 0 Å². The van der Waals surface area contributed by atoms with E-state index in [1.807, 2.05) is 6.92 Å². The van der Waals surface area contributed by atoms with Gasteiger partial charge in [-0.25, -0.2) is 0 Å². The maximum atomic E-state index is 8.83. The van der Waals surface area contributed by atoms with Crippen LogP contribution in [0.2, 0.25) is 0 Å². The van der Waals surface area contributed by atoms with Gasteiger partial charge in [0.1, 0.15) is 0 Å². The van der Waals surface area contributed by atoms with Crippen LogP contribution in [0.4, 0.5) is 0 Å². The van der Waals surface area contributed by atoms with Gasteiger partial charge >= 0.3 is 0 Å². The Kier molecular flexibility index (Phi) is 5.42. The minimum atomic E-state index is 0.216. The molecule has 1 aromatic rings. The zero-order valence-electron chi connectivity index (χ0n) is 10.3. The fourth-order valence-corrected chi connectivity index (χ4v) is 1.46. The van der Waals surface area contributed by atoms with Gasteiger partial charge in [0.05, 0.1) is 6.54 Å². The van der Waals surface area contributed by atoms with Crippen LogP contribution in [-0.4, -0.2) is 39.4 Å². The lowest BCUT2D eigenvalue weighted by Crippen LogP contribution is -2.31. The highest BCUT2D eigenvalue weighted by atomic mass is 16.4. The Bertz CT molecular complexity index is 299. The first-order valence-corrected chi connectivity index (χ1v) is 5.83. The average molecular weight is 227 g/mol. The molecule has 0 bridgehead atoms.